The number of aryl methyl sites for hydroxylation is 1. The number of para-hydroxylation sites is 1. The molecule has 1 N–H and O–H groups in total. The Labute approximate surface area is 126 Å². The average molecular weight is 285 g/mol. The summed E-state index contributed by atoms with van der Waals surface area (Å²) in [5, 5.41) is 10.7. The number of benzene rings is 1. The van der Waals surface area contributed by atoms with Gasteiger partial charge in [0, 0.05) is 38.1 Å². The normalized spacial score (nSPS) is 18.1. The Hall–Kier alpha value is -1.65. The third-order valence-electron chi connectivity index (χ3n) is 4.08. The van der Waals surface area contributed by atoms with Crippen molar-refractivity contribution < 1.29 is 5.11 Å². The molecule has 4 nitrogen and oxygen atoms in total. The fourth-order valence-electron chi connectivity index (χ4n) is 3.05. The molecular weight excluding hydrogens is 262 g/mol. The lowest BCUT2D eigenvalue weighted by atomic mass is 10.1. The monoisotopic (exact) mass is 285 g/mol. The summed E-state index contributed by atoms with van der Waals surface area (Å²) in [6.45, 7) is 8.66. The van der Waals surface area contributed by atoms with Crippen LogP contribution in [0.25, 0.3) is 10.9 Å². The van der Waals surface area contributed by atoms with Crippen molar-refractivity contribution in [3.05, 3.63) is 35.9 Å². The minimum Gasteiger partial charge on any atom is -0.392 e. The van der Waals surface area contributed by atoms with E-state index in [2.05, 4.69) is 41.0 Å². The maximum atomic E-state index is 9.48. The van der Waals surface area contributed by atoms with E-state index in [1.807, 2.05) is 13.0 Å². The molecule has 2 aromatic rings. The van der Waals surface area contributed by atoms with Crippen LogP contribution in [0.4, 0.5) is 5.82 Å². The van der Waals surface area contributed by atoms with Crippen LogP contribution in [0.1, 0.15) is 12.5 Å². The number of anilines is 1. The summed E-state index contributed by atoms with van der Waals surface area (Å²) in [5.41, 5.74) is 2.29. The predicted molar refractivity (Wildman–Crippen MR) is 86.8 cm³/mol. The van der Waals surface area contributed by atoms with Crippen molar-refractivity contribution in [3.63, 3.8) is 0 Å². The maximum Gasteiger partial charge on any atom is 0.132 e. The van der Waals surface area contributed by atoms with Crippen LogP contribution in [0.3, 0.4) is 0 Å². The highest BCUT2D eigenvalue weighted by Gasteiger charge is 2.20. The van der Waals surface area contributed by atoms with E-state index in [1.54, 1.807) is 0 Å². The number of aliphatic hydroxyl groups is 1. The maximum absolute atomic E-state index is 9.48. The summed E-state index contributed by atoms with van der Waals surface area (Å²) >= 11 is 0. The van der Waals surface area contributed by atoms with E-state index in [0.717, 1.165) is 44.1 Å². The lowest BCUT2D eigenvalue weighted by Gasteiger charge is -2.36. The molecule has 0 spiro atoms. The molecule has 1 aliphatic heterocycles. The number of nitrogens with zero attached hydrogens (tertiary/aromatic N) is 3. The molecule has 112 valence electrons. The molecule has 0 saturated carbocycles. The van der Waals surface area contributed by atoms with Gasteiger partial charge in [-0.2, -0.15) is 0 Å². The van der Waals surface area contributed by atoms with E-state index in [1.165, 1.54) is 10.9 Å². The first-order valence-corrected chi connectivity index (χ1v) is 7.65. The number of hydrogen-bond donors (Lipinski definition) is 1. The van der Waals surface area contributed by atoms with Gasteiger partial charge in [-0.05, 0) is 31.5 Å². The summed E-state index contributed by atoms with van der Waals surface area (Å²) in [6.07, 6.45) is -0.253. The Morgan fingerprint density at radius 3 is 2.62 bits per heavy atom. The van der Waals surface area contributed by atoms with Crippen LogP contribution in [0.5, 0.6) is 0 Å². The third-order valence-corrected chi connectivity index (χ3v) is 4.08. The molecule has 1 atom stereocenters. The standard InChI is InChI=1S/C17H23N3O/c1-13-11-15-5-3-4-6-16(15)18-17(13)20-9-7-19(8-10-20)12-14(2)21/h3-6,11,14,21H,7-10,12H2,1-2H3/t14-/m1/s1. The van der Waals surface area contributed by atoms with E-state index in [4.69, 9.17) is 4.98 Å². The first-order valence-electron chi connectivity index (χ1n) is 7.65. The van der Waals surface area contributed by atoms with Crippen molar-refractivity contribution in [2.24, 2.45) is 0 Å². The molecule has 1 fully saturated rings. The summed E-state index contributed by atoms with van der Waals surface area (Å²) in [4.78, 5) is 9.52. The molecule has 1 saturated heterocycles. The predicted octanol–water partition coefficient (Wildman–Crippen LogP) is 2.05. The SMILES string of the molecule is Cc1cc2ccccc2nc1N1CCN(C[C@@H](C)O)CC1. The molecule has 1 aromatic carbocycles. The van der Waals surface area contributed by atoms with Crippen LogP contribution in [0.2, 0.25) is 0 Å². The number of fused-ring (bicyclic) bond motifs is 1. The van der Waals surface area contributed by atoms with E-state index < -0.39 is 0 Å². The van der Waals surface area contributed by atoms with Crippen LogP contribution in [0, 0.1) is 6.92 Å². The molecule has 1 aliphatic rings. The van der Waals surface area contributed by atoms with Gasteiger partial charge in [0.2, 0.25) is 0 Å². The number of pyridine rings is 1. The van der Waals surface area contributed by atoms with Crippen LogP contribution >= 0.6 is 0 Å². The number of hydrogen-bond acceptors (Lipinski definition) is 4. The zero-order chi connectivity index (χ0) is 14.8. The minimum atomic E-state index is -0.253. The van der Waals surface area contributed by atoms with Crippen LogP contribution in [0.15, 0.2) is 30.3 Å². The molecule has 1 aromatic heterocycles. The largest absolute Gasteiger partial charge is 0.392 e. The zero-order valence-corrected chi connectivity index (χ0v) is 12.8. The Kier molecular flexibility index (Phi) is 4.08. The molecule has 0 aliphatic carbocycles. The Morgan fingerprint density at radius 2 is 1.90 bits per heavy atom. The molecule has 0 radical (unpaired) electrons. The summed E-state index contributed by atoms with van der Waals surface area (Å²) < 4.78 is 0. The first-order chi connectivity index (χ1) is 10.1. The van der Waals surface area contributed by atoms with Crippen LogP contribution < -0.4 is 4.90 Å². The van der Waals surface area contributed by atoms with Gasteiger partial charge in [0.05, 0.1) is 11.6 Å². The quantitative estimate of drug-likeness (QED) is 0.937. The van der Waals surface area contributed by atoms with Gasteiger partial charge in [-0.25, -0.2) is 4.98 Å². The van der Waals surface area contributed by atoms with E-state index >= 15 is 0 Å². The first kappa shape index (κ1) is 14.3. The van der Waals surface area contributed by atoms with Gasteiger partial charge in [-0.3, -0.25) is 4.90 Å². The van der Waals surface area contributed by atoms with Gasteiger partial charge in [0.15, 0.2) is 0 Å². The zero-order valence-electron chi connectivity index (χ0n) is 12.8. The third kappa shape index (κ3) is 3.17. The molecule has 0 unspecified atom stereocenters. The highest BCUT2D eigenvalue weighted by atomic mass is 16.3. The topological polar surface area (TPSA) is 39.6 Å². The lowest BCUT2D eigenvalue weighted by Crippen LogP contribution is -2.48. The van der Waals surface area contributed by atoms with E-state index in [0.29, 0.717) is 0 Å². The van der Waals surface area contributed by atoms with Crippen molar-refractivity contribution >= 4 is 16.7 Å². The van der Waals surface area contributed by atoms with Crippen molar-refractivity contribution in [3.8, 4) is 0 Å². The van der Waals surface area contributed by atoms with Crippen LogP contribution in [-0.2, 0) is 0 Å². The fourth-order valence-corrected chi connectivity index (χ4v) is 3.05. The molecule has 21 heavy (non-hydrogen) atoms. The van der Waals surface area contributed by atoms with Crippen molar-refractivity contribution in [1.29, 1.82) is 0 Å². The molecule has 0 amide bonds. The molecule has 2 heterocycles. The van der Waals surface area contributed by atoms with E-state index in [9.17, 15) is 5.11 Å². The van der Waals surface area contributed by atoms with Gasteiger partial charge < -0.3 is 10.0 Å². The molecule has 0 bridgehead atoms. The second-order valence-electron chi connectivity index (χ2n) is 5.96. The molecule has 4 heteroatoms. The highest BCUT2D eigenvalue weighted by Crippen LogP contribution is 2.23. The number of β-amino-alcohol motifs (C(OH)–C–C–N with tert-alkyl or cyclic N) is 1. The summed E-state index contributed by atoms with van der Waals surface area (Å²) in [5.74, 6) is 1.10. The van der Waals surface area contributed by atoms with Gasteiger partial charge >= 0.3 is 0 Å². The second-order valence-corrected chi connectivity index (χ2v) is 5.96. The molecular formula is C17H23N3O. The van der Waals surface area contributed by atoms with E-state index in [-0.39, 0.29) is 6.10 Å². The number of rotatable bonds is 3. The number of aliphatic hydroxyl groups excluding tert-OH is 1. The fraction of sp³-hybridized carbons (Fsp3) is 0.471. The Bertz CT molecular complexity index is 618. The van der Waals surface area contributed by atoms with Gasteiger partial charge in [-0.1, -0.05) is 18.2 Å². The van der Waals surface area contributed by atoms with Crippen molar-refractivity contribution in [1.82, 2.24) is 9.88 Å². The summed E-state index contributed by atoms with van der Waals surface area (Å²) in [6, 6.07) is 10.5. The van der Waals surface area contributed by atoms with Gasteiger partial charge in [-0.15, -0.1) is 0 Å². The smallest absolute Gasteiger partial charge is 0.132 e. The van der Waals surface area contributed by atoms with Crippen molar-refractivity contribution in [2.75, 3.05) is 37.6 Å². The Morgan fingerprint density at radius 1 is 1.19 bits per heavy atom. The number of aromatic nitrogens is 1. The van der Waals surface area contributed by atoms with Gasteiger partial charge in [0.25, 0.3) is 0 Å². The Balaban J connectivity index is 1.77. The number of piperazine rings is 1. The van der Waals surface area contributed by atoms with Crippen molar-refractivity contribution in [2.45, 2.75) is 20.0 Å². The minimum absolute atomic E-state index is 0.253. The second kappa shape index (κ2) is 6.00. The average Bonchev–Trinajstić information content (AvgIpc) is 2.47. The molecule has 3 rings (SSSR count). The van der Waals surface area contributed by atoms with Crippen LogP contribution in [-0.4, -0.2) is 53.8 Å². The summed E-state index contributed by atoms with van der Waals surface area (Å²) in [7, 11) is 0. The lowest BCUT2D eigenvalue weighted by molar-refractivity contribution is 0.122. The highest BCUT2D eigenvalue weighted by molar-refractivity contribution is 5.81. The van der Waals surface area contributed by atoms with Gasteiger partial charge in [0.1, 0.15) is 5.82 Å².